The fraction of sp³-hybridized carbons (Fsp3) is 0.944. The summed E-state index contributed by atoms with van der Waals surface area (Å²) in [5, 5.41) is 12.7. The van der Waals surface area contributed by atoms with Crippen molar-refractivity contribution in [3.63, 3.8) is 0 Å². The van der Waals surface area contributed by atoms with E-state index in [4.69, 9.17) is 154 Å². The van der Waals surface area contributed by atoms with Crippen molar-refractivity contribution in [2.75, 3.05) is 395 Å². The third-order valence-corrected chi connectivity index (χ3v) is 23.7. The molecule has 0 rings (SSSR count). The van der Waals surface area contributed by atoms with E-state index < -0.39 is 36.6 Å². The van der Waals surface area contributed by atoms with E-state index >= 15 is 0 Å². The van der Waals surface area contributed by atoms with Gasteiger partial charge in [-0.25, -0.2) is 0 Å². The molecule has 0 aromatic carbocycles. The zero-order chi connectivity index (χ0) is 107. The zero-order valence-electron chi connectivity index (χ0n) is 92.1. The van der Waals surface area contributed by atoms with E-state index in [0.29, 0.717) is 389 Å². The Morgan fingerprint density at radius 1 is 0.250 bits per heavy atom. The van der Waals surface area contributed by atoms with Gasteiger partial charge in [-0.1, -0.05) is 182 Å². The number of unbranched alkanes of at least 4 members (excludes halogenated alkanes) is 22. The molecule has 148 heavy (non-hydrogen) atoms. The lowest BCUT2D eigenvalue weighted by molar-refractivity contribution is -0.155. The molecule has 5 atom stereocenters. The first-order valence-electron chi connectivity index (χ1n) is 56.0. The highest BCUT2D eigenvalue weighted by Gasteiger charge is 2.26. The molecule has 878 valence electrons. The number of ether oxygens (including phenoxy) is 30. The number of nitrogens with two attached hydrogens (primary N) is 2. The quantitative estimate of drug-likeness (QED) is 0.0324. The topological polar surface area (TPSA) is 464 Å². The van der Waals surface area contributed by atoms with Crippen molar-refractivity contribution in [2.45, 2.75) is 251 Å². The van der Waals surface area contributed by atoms with E-state index in [0.717, 1.165) is 44.9 Å². The van der Waals surface area contributed by atoms with E-state index in [2.05, 4.69) is 19.2 Å². The van der Waals surface area contributed by atoms with E-state index in [-0.39, 0.29) is 73.4 Å². The number of esters is 2. The lowest BCUT2D eigenvalue weighted by Gasteiger charge is -2.22. The molecule has 0 bridgehead atoms. The maximum absolute atomic E-state index is 13.4. The number of carbonyl (C=O) groups excluding carboxylic acids is 6. The van der Waals surface area contributed by atoms with Crippen LogP contribution in [0.25, 0.3) is 0 Å². The number of amides is 2. The molecule has 41 heteroatoms. The van der Waals surface area contributed by atoms with Crippen molar-refractivity contribution in [3.05, 3.63) is 0 Å². The number of aliphatic hydroxyl groups excluding tert-OH is 1. The highest BCUT2D eigenvalue weighted by Crippen LogP contribution is 2.21. The van der Waals surface area contributed by atoms with Gasteiger partial charge in [-0.15, -0.1) is 0 Å². The van der Waals surface area contributed by atoms with Crippen LogP contribution in [-0.4, -0.2) is 453 Å². The van der Waals surface area contributed by atoms with E-state index in [1.54, 1.807) is 0 Å². The summed E-state index contributed by atoms with van der Waals surface area (Å²) in [6.07, 6.45) is 32.3. The molecule has 0 heterocycles. The average molecular weight is 2160 g/mol. The molecule has 0 fully saturated rings. The Hall–Kier alpha value is -3.63. The summed E-state index contributed by atoms with van der Waals surface area (Å²) in [6.45, 7) is 32.6. The summed E-state index contributed by atoms with van der Waals surface area (Å²) in [6, 6.07) is -2.11. The van der Waals surface area contributed by atoms with Crippen molar-refractivity contribution in [1.29, 1.82) is 0 Å². The van der Waals surface area contributed by atoms with Gasteiger partial charge in [0.15, 0.2) is 5.78 Å². The van der Waals surface area contributed by atoms with Crippen LogP contribution in [0.4, 0.5) is 0 Å². The number of rotatable bonds is 131. The van der Waals surface area contributed by atoms with Crippen molar-refractivity contribution >= 4 is 47.1 Å². The van der Waals surface area contributed by atoms with Crippen LogP contribution in [-0.2, 0) is 171 Å². The fourth-order valence-electron chi connectivity index (χ4n) is 13.8. The molecule has 0 aliphatic rings. The van der Waals surface area contributed by atoms with E-state index in [9.17, 15) is 33.9 Å². The lowest BCUT2D eigenvalue weighted by Crippen LogP contribution is -2.51. The minimum Gasteiger partial charge on any atom is -0.465 e. The third-order valence-electron chi connectivity index (χ3n) is 22.5. The number of hydrogen-bond donors (Lipinski definition) is 4. The maximum atomic E-state index is 13.4. The van der Waals surface area contributed by atoms with Gasteiger partial charge in [-0.2, -0.15) is 11.8 Å². The summed E-state index contributed by atoms with van der Waals surface area (Å²) in [5.41, 5.74) is 11.3. The molecule has 2 unspecified atom stereocenters. The molecule has 0 spiro atoms. The summed E-state index contributed by atoms with van der Waals surface area (Å²) in [5.74, 6) is -1.95. The van der Waals surface area contributed by atoms with Gasteiger partial charge in [0.2, 0.25) is 11.8 Å². The van der Waals surface area contributed by atoms with Crippen LogP contribution >= 0.6 is 11.8 Å². The van der Waals surface area contributed by atoms with Crippen LogP contribution in [0, 0.1) is 11.8 Å². The summed E-state index contributed by atoms with van der Waals surface area (Å²) < 4.78 is 167. The highest BCUT2D eigenvalue weighted by atomic mass is 32.2. The first-order valence-corrected chi connectivity index (χ1v) is 57.1. The van der Waals surface area contributed by atoms with E-state index in [1.807, 2.05) is 13.8 Å². The molecule has 0 aromatic heterocycles. The standard InChI is InChI=1S/C107H207N3O37S/c1-5-7-9-11-13-15-17-19-21-23-25-27-30-97(3)106(116)146-39-36-100(147-107(117)98(4)31-28-26-24-22-20-18-16-14-12-10-8-6-2)95-148-96-101(108)105(115)110-102(94-111)103(113)32-29-37-118-40-42-120-44-46-122-48-50-124-52-54-126-56-58-128-60-62-130-64-66-132-68-70-134-72-74-136-76-78-138-80-82-140-84-86-142-88-90-144-92-93-145-91-89-143-87-85-141-83-81-139-79-77-137-75-73-135-71-69-133-67-65-131-63-61-129-59-57-127-55-53-125-51-49-123-47-45-121-43-41-119-38-35-99(112)33-34-104(109)114/h97-98,100-102,111H,5-96,108H2,1-4H3,(H2,109,114)(H,110,115)/t97?,98?,100-,101+,102+/m1/s1. The molecule has 6 N–H and O–H groups in total. The zero-order valence-corrected chi connectivity index (χ0v) is 93.0. The second kappa shape index (κ2) is 124. The van der Waals surface area contributed by atoms with Crippen molar-refractivity contribution in [1.82, 2.24) is 5.32 Å². The number of aliphatic hydroxyl groups is 1. The van der Waals surface area contributed by atoms with Gasteiger partial charge in [0.25, 0.3) is 0 Å². The van der Waals surface area contributed by atoms with Crippen LogP contribution in [0.2, 0.25) is 0 Å². The number of carbonyl (C=O) groups is 6. The summed E-state index contributed by atoms with van der Waals surface area (Å²) in [4.78, 5) is 75.0. The van der Waals surface area contributed by atoms with Crippen molar-refractivity contribution < 1.29 is 176 Å². The predicted molar refractivity (Wildman–Crippen MR) is 565 cm³/mol. The van der Waals surface area contributed by atoms with Gasteiger partial charge in [-0.05, 0) is 19.3 Å². The molecule has 0 aromatic rings. The number of Topliss-reactive ketones (excluding diaryl/α,β-unsaturated/α-hetero) is 2. The van der Waals surface area contributed by atoms with E-state index in [1.165, 1.54) is 134 Å². The Kier molecular flexibility index (Phi) is 121. The van der Waals surface area contributed by atoms with Crippen LogP contribution in [0.3, 0.4) is 0 Å². The summed E-state index contributed by atoms with van der Waals surface area (Å²) >= 11 is 1.35. The van der Waals surface area contributed by atoms with Gasteiger partial charge in [0.1, 0.15) is 17.9 Å². The number of thioether (sulfide) groups is 1. The lowest BCUT2D eigenvalue weighted by atomic mass is 10.0. The second-order valence-corrected chi connectivity index (χ2v) is 36.6. The third kappa shape index (κ3) is 115. The Bertz CT molecular complexity index is 2730. The Morgan fingerprint density at radius 2 is 0.473 bits per heavy atom. The smallest absolute Gasteiger partial charge is 0.308 e. The second-order valence-electron chi connectivity index (χ2n) is 35.5. The minimum absolute atomic E-state index is 0.0464. The summed E-state index contributed by atoms with van der Waals surface area (Å²) in [7, 11) is 0. The number of nitrogens with one attached hydrogen (secondary N) is 1. The number of hydrogen-bond acceptors (Lipinski definition) is 39. The molecule has 0 aliphatic carbocycles. The first kappa shape index (κ1) is 144. The normalized spacial score (nSPS) is 12.7. The molecule has 0 aliphatic heterocycles. The van der Waals surface area contributed by atoms with Crippen molar-refractivity contribution in [3.8, 4) is 0 Å². The molecule has 0 radical (unpaired) electrons. The first-order chi connectivity index (χ1) is 72.9. The van der Waals surface area contributed by atoms with Crippen LogP contribution < -0.4 is 16.8 Å². The van der Waals surface area contributed by atoms with Gasteiger partial charge in [0.05, 0.1) is 394 Å². The Morgan fingerprint density at radius 3 is 0.709 bits per heavy atom. The molecule has 2 amide bonds. The van der Waals surface area contributed by atoms with Crippen LogP contribution in [0.15, 0.2) is 0 Å². The molecular formula is C107H207N3O37S. The van der Waals surface area contributed by atoms with Gasteiger partial charge >= 0.3 is 11.9 Å². The van der Waals surface area contributed by atoms with Gasteiger partial charge in [-0.3, -0.25) is 28.8 Å². The highest BCUT2D eigenvalue weighted by molar-refractivity contribution is 7.99. The van der Waals surface area contributed by atoms with Crippen LogP contribution in [0.1, 0.15) is 233 Å². The Labute approximate surface area is 893 Å². The van der Waals surface area contributed by atoms with Crippen molar-refractivity contribution in [2.24, 2.45) is 23.3 Å². The molecule has 40 nitrogen and oxygen atoms in total. The molecular weight excluding hydrogens is 1950 g/mol. The Balaban J connectivity index is 3.60. The fourth-order valence-corrected chi connectivity index (χ4v) is 14.8. The SMILES string of the molecule is CCCCCCCCCCCCCCC(C)C(=O)OCC[C@H](CSC[C@H](N)C(=O)N[C@@H](CO)C(=O)CCCOCCOCCOCCOCCOCCOCCOCCOCCOCCOCCOCCOCCOCCOCCOCCOCCOCCOCCOCCOCCOCCOCCOCCOCCOCCOCCOCCOCCC(=O)CCC(N)=O)OC(=O)C(C)CCCCCCCCCCCCCC. The average Bonchev–Trinajstić information content (AvgIpc) is 0.906. The minimum atomic E-state index is -1.11. The molecule has 0 saturated heterocycles. The predicted octanol–water partition coefficient (Wildman–Crippen LogP) is 10.9. The number of primary amides is 1. The van der Waals surface area contributed by atoms with Gasteiger partial charge < -0.3 is 164 Å². The largest absolute Gasteiger partial charge is 0.465 e. The van der Waals surface area contributed by atoms with Crippen LogP contribution in [0.5, 0.6) is 0 Å². The number of ketones is 2. The monoisotopic (exact) mass is 2160 g/mol. The maximum Gasteiger partial charge on any atom is 0.308 e. The van der Waals surface area contributed by atoms with Gasteiger partial charge in [0, 0.05) is 50.2 Å². The molecule has 0 saturated carbocycles.